The van der Waals surface area contributed by atoms with Gasteiger partial charge in [-0.1, -0.05) is 223 Å². The molecule has 6 amide bonds. The number of nitrogens with one attached hydrogen (secondary N) is 7. The third-order valence-corrected chi connectivity index (χ3v) is 21.6. The summed E-state index contributed by atoms with van der Waals surface area (Å²) in [6.45, 7) is 17.3. The van der Waals surface area contributed by atoms with Crippen molar-refractivity contribution in [2.75, 3.05) is 58.9 Å². The molecule has 4 heterocycles. The number of carbonyl (C=O) groups is 7. The normalized spacial score (nSPS) is 19.5. The highest BCUT2D eigenvalue weighted by atomic mass is 16.4. The van der Waals surface area contributed by atoms with Crippen molar-refractivity contribution in [2.45, 2.75) is 371 Å². The molecule has 3 aliphatic rings. The van der Waals surface area contributed by atoms with Gasteiger partial charge in [0.2, 0.25) is 35.4 Å². The average molecular weight is 1570 g/mol. The number of benzene rings is 2. The van der Waals surface area contributed by atoms with Crippen molar-refractivity contribution in [3.8, 4) is 0 Å². The lowest BCUT2D eigenvalue weighted by Crippen LogP contribution is -2.62. The summed E-state index contributed by atoms with van der Waals surface area (Å²) in [6, 6.07) is 14.1. The predicted octanol–water partition coefficient (Wildman–Crippen LogP) is 11.0. The van der Waals surface area contributed by atoms with Crippen LogP contribution in [0.5, 0.6) is 0 Å². The molecule has 24 heteroatoms. The number of hydrogen-bond acceptors (Lipinski definition) is 16. The Morgan fingerprint density at radius 1 is 0.357 bits per heavy atom. The van der Waals surface area contributed by atoms with Gasteiger partial charge in [-0.2, -0.15) is 0 Å². The Kier molecular flexibility index (Phi) is 52.3. The van der Waals surface area contributed by atoms with Crippen molar-refractivity contribution in [3.05, 3.63) is 71.9 Å². The number of hydrogen-bond donors (Lipinski definition) is 14. The van der Waals surface area contributed by atoms with Gasteiger partial charge in [0.25, 0.3) is 0 Å². The van der Waals surface area contributed by atoms with E-state index in [0.29, 0.717) is 84.3 Å². The van der Waals surface area contributed by atoms with E-state index in [1.807, 2.05) is 60.8 Å². The lowest BCUT2D eigenvalue weighted by atomic mass is 9.99. The van der Waals surface area contributed by atoms with Crippen LogP contribution in [0.3, 0.4) is 0 Å². The fourth-order valence-corrected chi connectivity index (χ4v) is 15.4. The third kappa shape index (κ3) is 44.1. The van der Waals surface area contributed by atoms with Gasteiger partial charge in [0.1, 0.15) is 36.3 Å². The van der Waals surface area contributed by atoms with Gasteiger partial charge in [-0.15, -0.1) is 0 Å². The second-order valence-corrected chi connectivity index (χ2v) is 32.6. The van der Waals surface area contributed by atoms with Crippen LogP contribution < -0.4 is 31.9 Å². The van der Waals surface area contributed by atoms with Gasteiger partial charge in [0.15, 0.2) is 0 Å². The zero-order valence-electron chi connectivity index (χ0n) is 69.7. The number of carboxylic acid groups (broad SMARTS) is 1. The first-order chi connectivity index (χ1) is 54.0. The van der Waals surface area contributed by atoms with Crippen LogP contribution in [0.25, 0.3) is 10.9 Å². The highest BCUT2D eigenvalue weighted by Gasteiger charge is 2.36. The van der Waals surface area contributed by atoms with Crippen LogP contribution in [0, 0.1) is 0 Å². The third-order valence-electron chi connectivity index (χ3n) is 21.6. The van der Waals surface area contributed by atoms with Crippen molar-refractivity contribution in [3.63, 3.8) is 0 Å². The Balaban J connectivity index is 0.000000355. The molecule has 3 saturated heterocycles. The molecule has 24 nitrogen and oxygen atoms in total. The molecule has 12 unspecified atom stereocenters. The molecule has 0 bridgehead atoms. The van der Waals surface area contributed by atoms with Crippen LogP contribution in [-0.2, 0) is 46.4 Å². The van der Waals surface area contributed by atoms with Crippen molar-refractivity contribution < 1.29 is 69.3 Å². The minimum Gasteiger partial charge on any atom is -0.481 e. The number of aromatic amines is 1. The number of aliphatic hydroxyl groups excluding tert-OH is 6. The second kappa shape index (κ2) is 59.6. The lowest BCUT2D eigenvalue weighted by Gasteiger charge is -2.30. The summed E-state index contributed by atoms with van der Waals surface area (Å²) in [5.74, 6) is -2.15. The van der Waals surface area contributed by atoms with Gasteiger partial charge >= 0.3 is 5.97 Å². The summed E-state index contributed by atoms with van der Waals surface area (Å²) in [7, 11) is 0. The molecule has 3 aliphatic heterocycles. The molecule has 3 aromatic rings. The Hall–Kier alpha value is -6.09. The Morgan fingerprint density at radius 2 is 0.661 bits per heavy atom. The molecule has 112 heavy (non-hydrogen) atoms. The Morgan fingerprint density at radius 3 is 1.01 bits per heavy atom. The molecule has 1 aromatic heterocycles. The lowest BCUT2D eigenvalue weighted by molar-refractivity contribution is -0.140. The number of aromatic nitrogens is 1. The summed E-state index contributed by atoms with van der Waals surface area (Å²) < 4.78 is 0. The van der Waals surface area contributed by atoms with Gasteiger partial charge in [-0.3, -0.25) is 48.3 Å². The maximum atomic E-state index is 12.8. The molecule has 6 rings (SSSR count). The first kappa shape index (κ1) is 98.3. The monoisotopic (exact) mass is 1570 g/mol. The number of carbonyl (C=O) groups excluding carboxylic acids is 6. The van der Waals surface area contributed by atoms with E-state index in [1.54, 1.807) is 20.8 Å². The van der Waals surface area contributed by atoms with E-state index in [0.717, 1.165) is 119 Å². The molecule has 2 aromatic carbocycles. The average Bonchev–Trinajstić information content (AvgIpc) is 1.64. The van der Waals surface area contributed by atoms with Crippen LogP contribution in [0.15, 0.2) is 60.8 Å². The van der Waals surface area contributed by atoms with E-state index in [2.05, 4.69) is 72.4 Å². The summed E-state index contributed by atoms with van der Waals surface area (Å²) in [5, 5.41) is 88.0. The molecule has 638 valence electrons. The molecular formula is C88H152N10O14. The van der Waals surface area contributed by atoms with Crippen molar-refractivity contribution in [1.29, 1.82) is 0 Å². The van der Waals surface area contributed by atoms with Crippen LogP contribution in [-0.4, -0.2) is 229 Å². The molecule has 0 spiro atoms. The zero-order chi connectivity index (χ0) is 81.7. The quantitative estimate of drug-likeness (QED) is 0.0233. The number of nitrogens with zero attached hydrogens (tertiary/aromatic N) is 3. The van der Waals surface area contributed by atoms with Gasteiger partial charge in [-0.05, 0) is 141 Å². The van der Waals surface area contributed by atoms with Crippen molar-refractivity contribution >= 4 is 52.3 Å². The number of piperazine rings is 3. The summed E-state index contributed by atoms with van der Waals surface area (Å²) >= 11 is 0. The first-order valence-corrected chi connectivity index (χ1v) is 43.9. The number of amides is 6. The number of fused-ring (bicyclic) bond motifs is 1. The molecule has 0 saturated carbocycles. The molecule has 0 aliphatic carbocycles. The largest absolute Gasteiger partial charge is 0.481 e. The van der Waals surface area contributed by atoms with E-state index < -0.39 is 72.7 Å². The number of aliphatic carboxylic acids is 1. The van der Waals surface area contributed by atoms with E-state index in [-0.39, 0.29) is 54.4 Å². The Labute approximate surface area is 672 Å². The molecule has 14 N–H and O–H groups in total. The van der Waals surface area contributed by atoms with Gasteiger partial charge < -0.3 is 72.6 Å². The van der Waals surface area contributed by atoms with Crippen LogP contribution in [0.2, 0.25) is 0 Å². The summed E-state index contributed by atoms with van der Waals surface area (Å²) in [6.07, 6.45) is 38.7. The number of rotatable bonds is 61. The SMILES string of the molecule is CCCCCCCCCCC(O)CN(CCCCC1NC(=O)C(CCC(=O)O)NC1=O)CC(C)O.CCCCCCCCCCC(O)CN(CCCCC1NC(=O)C(Cc2c[nH]c3ccccc23)NC1=O)CC(C)O.CCCCCCCCCCC(O)CN(CCCCC1NC(=O)C(Cc2ccccc2)NC1=O)CC(C)O. The van der Waals surface area contributed by atoms with Crippen LogP contribution in [0.4, 0.5) is 0 Å². The summed E-state index contributed by atoms with van der Waals surface area (Å²) in [5.41, 5.74) is 3.05. The van der Waals surface area contributed by atoms with Crippen molar-refractivity contribution in [2.24, 2.45) is 0 Å². The number of H-pyrrole nitrogens is 1. The maximum Gasteiger partial charge on any atom is 0.303 e. The Bertz CT molecular complexity index is 3010. The number of aliphatic hydroxyl groups is 6. The smallest absolute Gasteiger partial charge is 0.303 e. The molecule has 3 fully saturated rings. The standard InChI is InChI=1S/C32H52N4O4.C30H51N3O4.C26H49N3O6/c1-3-4-5-6-7-8-9-10-15-26(38)23-36(22-24(2)37)19-14-13-18-29-31(39)35-30(32(40)34-29)20-25-21-33-28-17-12-11-16-27(25)28;1-3-4-5-6-7-8-9-13-18-26(35)23-33(22-24(2)34)20-15-14-19-27-29(36)32-28(30(37)31-27)21-25-16-11-10-12-17-25;1-3-4-5-6-7-8-9-10-13-21(31)19-29(18-20(2)30)17-12-11-14-22-25(34)28-23(26(35)27-22)15-16-24(32)33/h11-12,16-17,21,24,26,29-30,33,37-38H,3-10,13-15,18-20,22-23H2,1-2H3,(H,34,40)(H,35,39);10-12,16-17,24,26-28,34-35H,3-9,13-15,18-23H2,1-2H3,(H,31,37)(H,32,36);20-23,30-31H,3-19H2,1-2H3,(H,27,35)(H,28,34)(H,32,33). The predicted molar refractivity (Wildman–Crippen MR) is 446 cm³/mol. The summed E-state index contributed by atoms with van der Waals surface area (Å²) in [4.78, 5) is 95.3. The van der Waals surface area contributed by atoms with E-state index >= 15 is 0 Å². The van der Waals surface area contributed by atoms with Gasteiger partial charge in [-0.25, -0.2) is 0 Å². The van der Waals surface area contributed by atoms with E-state index in [9.17, 15) is 64.2 Å². The maximum absolute atomic E-state index is 12.8. The fraction of sp³-hybridized carbons (Fsp3) is 0.761. The highest BCUT2D eigenvalue weighted by Crippen LogP contribution is 2.23. The van der Waals surface area contributed by atoms with Crippen LogP contribution in [0.1, 0.15) is 297 Å². The first-order valence-electron chi connectivity index (χ1n) is 43.9. The zero-order valence-corrected chi connectivity index (χ0v) is 69.7. The minimum atomic E-state index is -1.00. The highest BCUT2D eigenvalue weighted by molar-refractivity contribution is 5.99. The van der Waals surface area contributed by atoms with Crippen LogP contribution >= 0.6 is 0 Å². The van der Waals surface area contributed by atoms with Gasteiger partial charge in [0.05, 0.1) is 36.6 Å². The fourth-order valence-electron chi connectivity index (χ4n) is 15.4. The minimum absolute atomic E-state index is 0.0786. The van der Waals surface area contributed by atoms with E-state index in [4.69, 9.17) is 5.11 Å². The van der Waals surface area contributed by atoms with E-state index in [1.165, 1.54) is 122 Å². The number of para-hydroxylation sites is 1. The molecule has 12 atom stereocenters. The van der Waals surface area contributed by atoms with Gasteiger partial charge in [0, 0.05) is 75.6 Å². The number of unbranched alkanes of at least 4 members (excludes halogenated alkanes) is 24. The van der Waals surface area contributed by atoms with Crippen molar-refractivity contribution in [1.82, 2.24) is 51.6 Å². The second-order valence-electron chi connectivity index (χ2n) is 32.6. The number of carboxylic acids is 1. The molecular weight excluding hydrogens is 1420 g/mol. The molecule has 0 radical (unpaired) electrons. The topological polar surface area (TPSA) is 359 Å².